The molecule has 0 radical (unpaired) electrons. The first-order chi connectivity index (χ1) is 19.5. The zero-order valence-corrected chi connectivity index (χ0v) is 24.4. The second-order valence-electron chi connectivity index (χ2n) is 9.60. The summed E-state index contributed by atoms with van der Waals surface area (Å²) in [6, 6.07) is 7.99. The molecule has 0 aliphatic heterocycles. The van der Waals surface area contributed by atoms with Crippen molar-refractivity contribution in [2.45, 2.75) is 38.1 Å². The fourth-order valence-corrected chi connectivity index (χ4v) is 5.46. The van der Waals surface area contributed by atoms with E-state index in [4.69, 9.17) is 34.2 Å². The van der Waals surface area contributed by atoms with Gasteiger partial charge in [-0.3, -0.25) is 0 Å². The van der Waals surface area contributed by atoms with Crippen molar-refractivity contribution in [2.75, 3.05) is 55.7 Å². The third kappa shape index (κ3) is 5.73. The summed E-state index contributed by atoms with van der Waals surface area (Å²) in [6.07, 6.45) is 4.48. The van der Waals surface area contributed by atoms with Crippen LogP contribution in [0.4, 0.5) is 0 Å². The van der Waals surface area contributed by atoms with Gasteiger partial charge in [-0.15, -0.1) is 0 Å². The Kier molecular flexibility index (Phi) is 9.89. The quantitative estimate of drug-likeness (QED) is 0.148. The molecule has 0 spiro atoms. The zero-order valence-electron chi connectivity index (χ0n) is 24.4. The van der Waals surface area contributed by atoms with Crippen molar-refractivity contribution >= 4 is 21.8 Å². The number of H-pyrrole nitrogens is 2. The summed E-state index contributed by atoms with van der Waals surface area (Å²) in [5.74, 6) is 4.28. The number of benzene rings is 2. The number of fused-ring (bicyclic) bond motifs is 2. The van der Waals surface area contributed by atoms with E-state index >= 15 is 0 Å². The van der Waals surface area contributed by atoms with Crippen molar-refractivity contribution in [1.82, 2.24) is 15.3 Å². The third-order valence-corrected chi connectivity index (χ3v) is 7.37. The van der Waals surface area contributed by atoms with Crippen LogP contribution >= 0.6 is 0 Å². The maximum atomic E-state index is 6.11. The molecular weight excluding hydrogens is 512 g/mol. The number of nitrogens with two attached hydrogens (primary N) is 1. The standard InChI is InChI=1S/C30H42N4O6/c1-35-23-14-12-19-25(29(23)39-5)27(37-3)21(33-19)10-7-9-18(17-31)32-16-8-11-22-28(38-4)26-20(34-22)13-15-24(36-2)30(26)40-6/h12-15,18,32-34H,7-11,16-17,31H2,1-6H3. The van der Waals surface area contributed by atoms with E-state index in [9.17, 15) is 0 Å². The van der Waals surface area contributed by atoms with Gasteiger partial charge in [0.15, 0.2) is 34.5 Å². The minimum atomic E-state index is 0.221. The predicted molar refractivity (Wildman–Crippen MR) is 158 cm³/mol. The molecule has 2 heterocycles. The van der Waals surface area contributed by atoms with Gasteiger partial charge in [0.05, 0.1) is 75.9 Å². The molecule has 1 atom stereocenters. The molecule has 2 aromatic heterocycles. The van der Waals surface area contributed by atoms with Gasteiger partial charge in [0.25, 0.3) is 0 Å². The number of nitrogens with one attached hydrogen (secondary N) is 3. The molecule has 1 unspecified atom stereocenters. The maximum absolute atomic E-state index is 6.11. The van der Waals surface area contributed by atoms with Crippen LogP contribution in [0.5, 0.6) is 34.5 Å². The van der Waals surface area contributed by atoms with Crippen LogP contribution in [0.25, 0.3) is 21.8 Å². The monoisotopic (exact) mass is 554 g/mol. The molecule has 0 saturated carbocycles. The molecule has 10 heteroatoms. The number of hydrogen-bond acceptors (Lipinski definition) is 8. The first-order valence-corrected chi connectivity index (χ1v) is 13.6. The van der Waals surface area contributed by atoms with Gasteiger partial charge in [-0.05, 0) is 62.9 Å². The van der Waals surface area contributed by atoms with Crippen LogP contribution in [-0.4, -0.2) is 71.8 Å². The number of rotatable bonds is 16. The van der Waals surface area contributed by atoms with Crippen LogP contribution in [0.3, 0.4) is 0 Å². The second kappa shape index (κ2) is 13.5. The molecule has 10 nitrogen and oxygen atoms in total. The van der Waals surface area contributed by atoms with Gasteiger partial charge in [0, 0.05) is 12.6 Å². The van der Waals surface area contributed by atoms with E-state index in [1.54, 1.807) is 42.7 Å². The number of hydrogen-bond donors (Lipinski definition) is 4. The minimum absolute atomic E-state index is 0.221. The number of aromatic nitrogens is 2. The van der Waals surface area contributed by atoms with E-state index in [2.05, 4.69) is 15.3 Å². The van der Waals surface area contributed by atoms with Gasteiger partial charge in [0.2, 0.25) is 0 Å². The first kappa shape index (κ1) is 29.2. The summed E-state index contributed by atoms with van der Waals surface area (Å²) in [5.41, 5.74) is 10.1. The molecule has 2 aromatic carbocycles. The Bertz CT molecular complexity index is 1410. The summed E-state index contributed by atoms with van der Waals surface area (Å²) in [5, 5.41) is 5.42. The molecule has 0 aliphatic carbocycles. The van der Waals surface area contributed by atoms with Crippen LogP contribution < -0.4 is 39.5 Å². The fraction of sp³-hybridized carbons (Fsp3) is 0.467. The average molecular weight is 555 g/mol. The Hall–Kier alpha value is -3.76. The fourth-order valence-electron chi connectivity index (χ4n) is 5.46. The Labute approximate surface area is 235 Å². The first-order valence-electron chi connectivity index (χ1n) is 13.6. The predicted octanol–water partition coefficient (Wildman–Crippen LogP) is 4.57. The SMILES string of the molecule is COc1ccc2[nH]c(CCCNC(CN)CCCc3[nH]c4ccc(OC)c(OC)c4c3OC)c(OC)c2c1OC. The highest BCUT2D eigenvalue weighted by Crippen LogP contribution is 2.44. The highest BCUT2D eigenvalue weighted by molar-refractivity contribution is 5.96. The molecule has 5 N–H and O–H groups in total. The largest absolute Gasteiger partial charge is 0.494 e. The van der Waals surface area contributed by atoms with Crippen LogP contribution in [0.15, 0.2) is 24.3 Å². The molecule has 0 bridgehead atoms. The normalized spacial score (nSPS) is 12.1. The lowest BCUT2D eigenvalue weighted by atomic mass is 10.1. The van der Waals surface area contributed by atoms with Crippen molar-refractivity contribution in [3.8, 4) is 34.5 Å². The molecule has 0 saturated heterocycles. The van der Waals surface area contributed by atoms with Crippen molar-refractivity contribution < 1.29 is 28.4 Å². The zero-order chi connectivity index (χ0) is 28.6. The molecule has 0 fully saturated rings. The topological polar surface area (TPSA) is 125 Å². The molecule has 0 aliphatic rings. The highest BCUT2D eigenvalue weighted by atomic mass is 16.5. The molecule has 4 aromatic rings. The average Bonchev–Trinajstić information content (AvgIpc) is 3.53. The van der Waals surface area contributed by atoms with E-state index in [1.165, 1.54) is 0 Å². The Morgan fingerprint density at radius 2 is 1.12 bits per heavy atom. The van der Waals surface area contributed by atoms with E-state index in [0.717, 1.165) is 83.3 Å². The van der Waals surface area contributed by atoms with Crippen molar-refractivity contribution in [1.29, 1.82) is 0 Å². The van der Waals surface area contributed by atoms with Crippen molar-refractivity contribution in [2.24, 2.45) is 5.73 Å². The smallest absolute Gasteiger partial charge is 0.173 e. The molecule has 218 valence electrons. The number of aryl methyl sites for hydroxylation is 2. The van der Waals surface area contributed by atoms with Crippen molar-refractivity contribution in [3.05, 3.63) is 35.7 Å². The second-order valence-corrected chi connectivity index (χ2v) is 9.60. The third-order valence-electron chi connectivity index (χ3n) is 7.37. The summed E-state index contributed by atoms with van der Waals surface area (Å²) in [4.78, 5) is 6.98. The van der Waals surface area contributed by atoms with Crippen LogP contribution in [-0.2, 0) is 12.8 Å². The Balaban J connectivity index is 1.34. The van der Waals surface area contributed by atoms with Gasteiger partial charge < -0.3 is 49.4 Å². The molecule has 4 rings (SSSR count). The summed E-state index contributed by atoms with van der Waals surface area (Å²) >= 11 is 0. The Morgan fingerprint density at radius 1 is 0.650 bits per heavy atom. The number of aromatic amines is 2. The summed E-state index contributed by atoms with van der Waals surface area (Å²) < 4.78 is 33.7. The Morgan fingerprint density at radius 3 is 1.55 bits per heavy atom. The number of methoxy groups -OCH3 is 6. The molecular formula is C30H42N4O6. The summed E-state index contributed by atoms with van der Waals surface area (Å²) in [6.45, 7) is 1.41. The summed E-state index contributed by atoms with van der Waals surface area (Å²) in [7, 11) is 9.92. The number of ether oxygens (including phenoxy) is 6. The molecule has 0 amide bonds. The van der Waals surface area contributed by atoms with Crippen molar-refractivity contribution in [3.63, 3.8) is 0 Å². The van der Waals surface area contributed by atoms with E-state index in [-0.39, 0.29) is 6.04 Å². The van der Waals surface area contributed by atoms with E-state index in [0.29, 0.717) is 29.5 Å². The lowest BCUT2D eigenvalue weighted by Crippen LogP contribution is -2.36. The van der Waals surface area contributed by atoms with Gasteiger partial charge in [-0.25, -0.2) is 0 Å². The van der Waals surface area contributed by atoms with Gasteiger partial charge in [0.1, 0.15) is 0 Å². The van der Waals surface area contributed by atoms with E-state index < -0.39 is 0 Å². The van der Waals surface area contributed by atoms with Gasteiger partial charge in [-0.1, -0.05) is 0 Å². The minimum Gasteiger partial charge on any atom is -0.494 e. The van der Waals surface area contributed by atoms with Crippen LogP contribution in [0.2, 0.25) is 0 Å². The maximum Gasteiger partial charge on any atom is 0.173 e. The van der Waals surface area contributed by atoms with Crippen LogP contribution in [0, 0.1) is 0 Å². The van der Waals surface area contributed by atoms with Crippen LogP contribution in [0.1, 0.15) is 30.7 Å². The lowest BCUT2D eigenvalue weighted by molar-refractivity contribution is 0.356. The highest BCUT2D eigenvalue weighted by Gasteiger charge is 2.21. The molecule has 40 heavy (non-hydrogen) atoms. The van der Waals surface area contributed by atoms with E-state index in [1.807, 2.05) is 24.3 Å². The van der Waals surface area contributed by atoms with Gasteiger partial charge in [-0.2, -0.15) is 0 Å². The van der Waals surface area contributed by atoms with Gasteiger partial charge >= 0.3 is 0 Å². The lowest BCUT2D eigenvalue weighted by Gasteiger charge is -2.17.